The molecule has 1 saturated heterocycles. The van der Waals surface area contributed by atoms with Gasteiger partial charge < -0.3 is 0 Å². The Morgan fingerprint density at radius 1 is 1.28 bits per heavy atom. The summed E-state index contributed by atoms with van der Waals surface area (Å²) in [5.74, 6) is 5.33. The lowest BCUT2D eigenvalue weighted by atomic mass is 10.1. The maximum absolute atomic E-state index is 12.4. The first-order chi connectivity index (χ1) is 12.1. The number of thiocarbonyl (C=S) groups is 1. The molecule has 1 aliphatic heterocycles. The van der Waals surface area contributed by atoms with Gasteiger partial charge in [-0.25, -0.2) is 0 Å². The zero-order chi connectivity index (χ0) is 18.2. The smallest absolute Gasteiger partial charge is 0.265 e. The second-order valence-corrected chi connectivity index (χ2v) is 5.94. The Labute approximate surface area is 153 Å². The second-order valence-electron chi connectivity index (χ2n) is 5.55. The minimum Gasteiger partial charge on any atom is -0.298 e. The van der Waals surface area contributed by atoms with Crippen LogP contribution in [0, 0.1) is 11.8 Å². The number of hydrogen-bond donors (Lipinski definition) is 1. The maximum atomic E-state index is 12.4. The Balaban J connectivity index is 2.18. The van der Waals surface area contributed by atoms with Gasteiger partial charge in [0.2, 0.25) is 0 Å². The van der Waals surface area contributed by atoms with Crippen LogP contribution >= 0.6 is 12.2 Å². The molecule has 1 aromatic carbocycles. The standard InChI is InChI=1S/C20H20N2O2S/c1-3-5-6-7-8-15-9-11-16(12-10-15)14-17-18(23)21-20(25)22(13-4-2)19(17)24/h4,9-12,14H,2-3,5-6,13H2,1H3,(H,21,23,25)/b17-14-. The van der Waals surface area contributed by atoms with Gasteiger partial charge in [-0.2, -0.15) is 0 Å². The molecule has 2 rings (SSSR count). The molecule has 0 unspecified atom stereocenters. The van der Waals surface area contributed by atoms with Gasteiger partial charge in [0.1, 0.15) is 5.57 Å². The third-order valence-electron chi connectivity index (χ3n) is 3.61. The fourth-order valence-corrected chi connectivity index (χ4v) is 2.50. The van der Waals surface area contributed by atoms with Gasteiger partial charge in [0.05, 0.1) is 0 Å². The Morgan fingerprint density at radius 2 is 2.00 bits per heavy atom. The quantitative estimate of drug-likeness (QED) is 0.221. The molecule has 4 nitrogen and oxygen atoms in total. The molecular formula is C20H20N2O2S. The Morgan fingerprint density at radius 3 is 2.64 bits per heavy atom. The molecule has 1 fully saturated rings. The second kappa shape index (κ2) is 8.95. The lowest BCUT2D eigenvalue weighted by Crippen LogP contribution is -2.53. The van der Waals surface area contributed by atoms with E-state index in [9.17, 15) is 9.59 Å². The van der Waals surface area contributed by atoms with Crippen molar-refractivity contribution in [3.05, 3.63) is 53.6 Å². The number of amides is 2. The lowest BCUT2D eigenvalue weighted by molar-refractivity contribution is -0.128. The predicted molar refractivity (Wildman–Crippen MR) is 103 cm³/mol. The van der Waals surface area contributed by atoms with E-state index in [-0.39, 0.29) is 17.2 Å². The first-order valence-corrected chi connectivity index (χ1v) is 8.56. The van der Waals surface area contributed by atoms with Crippen molar-refractivity contribution in [3.63, 3.8) is 0 Å². The molecular weight excluding hydrogens is 332 g/mol. The number of nitrogens with zero attached hydrogens (tertiary/aromatic N) is 1. The van der Waals surface area contributed by atoms with Gasteiger partial charge in [-0.15, -0.1) is 6.58 Å². The topological polar surface area (TPSA) is 49.4 Å². The van der Waals surface area contributed by atoms with Crippen molar-refractivity contribution in [2.24, 2.45) is 0 Å². The summed E-state index contributed by atoms with van der Waals surface area (Å²) in [5, 5.41) is 2.63. The molecule has 0 radical (unpaired) electrons. The van der Waals surface area contributed by atoms with Crippen LogP contribution in [0.2, 0.25) is 0 Å². The molecule has 0 aliphatic carbocycles. The zero-order valence-electron chi connectivity index (χ0n) is 14.2. The van der Waals surface area contributed by atoms with Crippen molar-refractivity contribution >= 4 is 35.2 Å². The van der Waals surface area contributed by atoms with Gasteiger partial charge in [0.15, 0.2) is 5.11 Å². The largest absolute Gasteiger partial charge is 0.298 e. The Hall–Kier alpha value is -2.71. The molecule has 1 aromatic rings. The molecule has 5 heteroatoms. The molecule has 2 amide bonds. The van der Waals surface area contributed by atoms with Gasteiger partial charge >= 0.3 is 0 Å². The minimum atomic E-state index is -0.487. The third-order valence-corrected chi connectivity index (χ3v) is 3.93. The summed E-state index contributed by atoms with van der Waals surface area (Å²) in [4.78, 5) is 25.8. The number of rotatable bonds is 5. The Bertz CT molecular complexity index is 782. The van der Waals surface area contributed by atoms with Crippen molar-refractivity contribution in [1.29, 1.82) is 0 Å². The first-order valence-electron chi connectivity index (χ1n) is 8.15. The molecule has 0 bridgehead atoms. The molecule has 0 spiro atoms. The molecule has 1 heterocycles. The predicted octanol–water partition coefficient (Wildman–Crippen LogP) is 3.04. The van der Waals surface area contributed by atoms with Crippen molar-refractivity contribution in [2.45, 2.75) is 26.2 Å². The van der Waals surface area contributed by atoms with Crippen molar-refractivity contribution in [1.82, 2.24) is 10.2 Å². The van der Waals surface area contributed by atoms with Crippen LogP contribution in [0.3, 0.4) is 0 Å². The van der Waals surface area contributed by atoms with Crippen LogP contribution < -0.4 is 5.32 Å². The molecule has 1 aliphatic rings. The highest BCUT2D eigenvalue weighted by Crippen LogP contribution is 2.15. The van der Waals surface area contributed by atoms with Crippen LogP contribution in [0.1, 0.15) is 37.3 Å². The summed E-state index contributed by atoms with van der Waals surface area (Å²) >= 11 is 5.02. The van der Waals surface area contributed by atoms with Crippen LogP contribution in [-0.4, -0.2) is 28.4 Å². The minimum absolute atomic E-state index is 0.0530. The number of hydrogen-bond acceptors (Lipinski definition) is 3. The van der Waals surface area contributed by atoms with Gasteiger partial charge in [0, 0.05) is 18.5 Å². The van der Waals surface area contributed by atoms with Crippen LogP contribution in [0.5, 0.6) is 0 Å². The summed E-state index contributed by atoms with van der Waals surface area (Å²) in [5.41, 5.74) is 1.72. The van der Waals surface area contributed by atoms with E-state index in [1.165, 1.54) is 4.90 Å². The summed E-state index contributed by atoms with van der Waals surface area (Å²) in [6.07, 6.45) is 6.23. The zero-order valence-corrected chi connectivity index (χ0v) is 15.0. The van der Waals surface area contributed by atoms with Gasteiger partial charge in [-0.1, -0.05) is 43.4 Å². The maximum Gasteiger partial charge on any atom is 0.265 e. The number of carbonyl (C=O) groups is 2. The average molecular weight is 352 g/mol. The average Bonchev–Trinajstić information content (AvgIpc) is 2.60. The summed E-state index contributed by atoms with van der Waals surface area (Å²) < 4.78 is 0. The van der Waals surface area contributed by atoms with Crippen molar-refractivity contribution < 1.29 is 9.59 Å². The fraction of sp³-hybridized carbons (Fsp3) is 0.250. The van der Waals surface area contributed by atoms with E-state index in [1.54, 1.807) is 12.2 Å². The van der Waals surface area contributed by atoms with Gasteiger partial charge in [-0.3, -0.25) is 19.8 Å². The number of nitrogens with one attached hydrogen (secondary N) is 1. The Kier molecular flexibility index (Phi) is 6.67. The summed E-state index contributed by atoms with van der Waals surface area (Å²) in [6, 6.07) is 7.43. The van der Waals surface area contributed by atoms with E-state index in [0.29, 0.717) is 0 Å². The fourth-order valence-electron chi connectivity index (χ4n) is 2.25. The van der Waals surface area contributed by atoms with E-state index < -0.39 is 11.8 Å². The number of unbranched alkanes of at least 4 members (excludes halogenated alkanes) is 2. The first kappa shape index (κ1) is 18.6. The highest BCUT2D eigenvalue weighted by molar-refractivity contribution is 7.80. The van der Waals surface area contributed by atoms with E-state index >= 15 is 0 Å². The molecule has 25 heavy (non-hydrogen) atoms. The van der Waals surface area contributed by atoms with E-state index in [0.717, 1.165) is 30.4 Å². The number of carbonyl (C=O) groups excluding carboxylic acids is 2. The summed E-state index contributed by atoms with van der Waals surface area (Å²) in [7, 11) is 0. The van der Waals surface area contributed by atoms with E-state index in [4.69, 9.17) is 12.2 Å². The third kappa shape index (κ3) is 4.88. The van der Waals surface area contributed by atoms with E-state index in [1.807, 2.05) is 24.3 Å². The van der Waals surface area contributed by atoms with Crippen LogP contribution in [-0.2, 0) is 9.59 Å². The molecule has 128 valence electrons. The molecule has 0 saturated carbocycles. The number of benzene rings is 1. The van der Waals surface area contributed by atoms with Crippen LogP contribution in [0.4, 0.5) is 0 Å². The van der Waals surface area contributed by atoms with Crippen LogP contribution in [0.25, 0.3) is 6.08 Å². The monoisotopic (exact) mass is 352 g/mol. The van der Waals surface area contributed by atoms with Gasteiger partial charge in [0.25, 0.3) is 11.8 Å². The lowest BCUT2D eigenvalue weighted by Gasteiger charge is -2.27. The normalized spacial score (nSPS) is 15.6. The molecule has 0 aromatic heterocycles. The van der Waals surface area contributed by atoms with E-state index in [2.05, 4.69) is 30.7 Å². The highest BCUT2D eigenvalue weighted by atomic mass is 32.1. The van der Waals surface area contributed by atoms with Gasteiger partial charge in [-0.05, 0) is 42.4 Å². The SMILES string of the molecule is C=CCN1C(=O)/C(=C\c2ccc(C#CCCCC)cc2)C(=O)NC1=S. The van der Waals surface area contributed by atoms with Crippen LogP contribution in [0.15, 0.2) is 42.5 Å². The van der Waals surface area contributed by atoms with Crippen molar-refractivity contribution in [2.75, 3.05) is 6.54 Å². The highest BCUT2D eigenvalue weighted by Gasteiger charge is 2.32. The molecule has 1 N–H and O–H groups in total. The van der Waals surface area contributed by atoms with Crippen molar-refractivity contribution in [3.8, 4) is 11.8 Å². The summed E-state index contributed by atoms with van der Waals surface area (Å²) in [6.45, 7) is 5.98. The molecule has 0 atom stereocenters.